The van der Waals surface area contributed by atoms with E-state index in [1.807, 2.05) is 85.3 Å². The van der Waals surface area contributed by atoms with Gasteiger partial charge in [-0.25, -0.2) is 4.68 Å². The van der Waals surface area contributed by atoms with Crippen molar-refractivity contribution in [1.82, 2.24) is 15.1 Å². The second kappa shape index (κ2) is 12.6. The van der Waals surface area contributed by atoms with Crippen molar-refractivity contribution in [2.24, 2.45) is 0 Å². The van der Waals surface area contributed by atoms with Crippen LogP contribution >= 0.6 is 11.8 Å². The average Bonchev–Trinajstić information content (AvgIpc) is 3.30. The molecule has 9 heteroatoms. The molecule has 1 aliphatic rings. The molecule has 1 N–H and O–H groups in total. The third-order valence-corrected chi connectivity index (χ3v) is 8.30. The number of para-hydroxylation sites is 1. The number of amides is 2. The summed E-state index contributed by atoms with van der Waals surface area (Å²) in [6, 6.07) is 24.0. The highest BCUT2D eigenvalue weighted by atomic mass is 32.2. The normalized spacial score (nSPS) is 14.9. The van der Waals surface area contributed by atoms with Gasteiger partial charge in [-0.3, -0.25) is 14.5 Å². The van der Waals surface area contributed by atoms with E-state index in [4.69, 9.17) is 14.6 Å². The lowest BCUT2D eigenvalue weighted by molar-refractivity contribution is -0.123. The highest BCUT2D eigenvalue weighted by Crippen LogP contribution is 2.50. The summed E-state index contributed by atoms with van der Waals surface area (Å²) in [6.45, 7) is 4.68. The number of hydrogen-bond acceptors (Lipinski definition) is 6. The molecular formula is C32H34N4O4S. The number of nitrogens with one attached hydrogen (secondary N) is 1. The molecule has 4 aromatic rings. The van der Waals surface area contributed by atoms with E-state index >= 15 is 0 Å². The van der Waals surface area contributed by atoms with E-state index in [1.165, 1.54) is 11.8 Å². The number of ether oxygens (including phenoxy) is 2. The average molecular weight is 571 g/mol. The van der Waals surface area contributed by atoms with Crippen LogP contribution in [0.5, 0.6) is 5.75 Å². The van der Waals surface area contributed by atoms with E-state index in [1.54, 1.807) is 19.1 Å². The molecule has 0 saturated heterocycles. The van der Waals surface area contributed by atoms with Gasteiger partial charge in [-0.05, 0) is 31.5 Å². The van der Waals surface area contributed by atoms with Crippen molar-refractivity contribution >= 4 is 29.4 Å². The van der Waals surface area contributed by atoms with Crippen LogP contribution in [0.4, 0.5) is 5.82 Å². The lowest BCUT2D eigenvalue weighted by Crippen LogP contribution is -2.43. The lowest BCUT2D eigenvalue weighted by atomic mass is 9.99. The molecule has 1 aliphatic heterocycles. The molecule has 1 atom stereocenters. The summed E-state index contributed by atoms with van der Waals surface area (Å²) in [5.74, 6) is 1.07. The third-order valence-electron chi connectivity index (χ3n) is 7.07. The number of hydrogen-bond donors (Lipinski definition) is 1. The van der Waals surface area contributed by atoms with Gasteiger partial charge in [-0.15, -0.1) is 11.8 Å². The number of anilines is 1. The SMILES string of the molecule is COCCNC(=O)CN1C(=O)CS[C@H](c2ccccc2OC)c2c(-c3ccccc3)nn(-c3ccc(C)cc3C)c21. The number of carbonyl (C=O) groups is 2. The van der Waals surface area contributed by atoms with Crippen molar-refractivity contribution in [3.63, 3.8) is 0 Å². The van der Waals surface area contributed by atoms with E-state index in [9.17, 15) is 9.59 Å². The Morgan fingerprint density at radius 1 is 1.05 bits per heavy atom. The van der Waals surface area contributed by atoms with E-state index in [0.717, 1.165) is 44.9 Å². The maximum absolute atomic E-state index is 13.9. The number of aromatic nitrogens is 2. The lowest BCUT2D eigenvalue weighted by Gasteiger charge is -2.24. The maximum atomic E-state index is 13.9. The molecule has 1 aromatic heterocycles. The molecular weight excluding hydrogens is 536 g/mol. The molecule has 8 nitrogen and oxygen atoms in total. The number of fused-ring (bicyclic) bond motifs is 1. The Hall–Kier alpha value is -4.08. The number of rotatable bonds is 9. The summed E-state index contributed by atoms with van der Waals surface area (Å²) in [4.78, 5) is 28.6. The molecule has 0 bridgehead atoms. The first-order valence-corrected chi connectivity index (χ1v) is 14.5. The molecule has 0 aliphatic carbocycles. The minimum atomic E-state index is -0.277. The quantitative estimate of drug-likeness (QED) is 0.282. The zero-order valence-electron chi connectivity index (χ0n) is 23.7. The van der Waals surface area contributed by atoms with E-state index in [0.29, 0.717) is 19.0 Å². The summed E-state index contributed by atoms with van der Waals surface area (Å²) in [5, 5.41) is 7.77. The van der Waals surface area contributed by atoms with Gasteiger partial charge in [0.25, 0.3) is 0 Å². The second-order valence-corrected chi connectivity index (χ2v) is 11.0. The second-order valence-electron chi connectivity index (χ2n) is 9.91. The Labute approximate surface area is 244 Å². The number of thioether (sulfide) groups is 1. The van der Waals surface area contributed by atoms with Crippen molar-refractivity contribution in [2.75, 3.05) is 44.6 Å². The molecule has 0 unspecified atom stereocenters. The van der Waals surface area contributed by atoms with Crippen molar-refractivity contribution in [3.05, 3.63) is 95.1 Å². The fraction of sp³-hybridized carbons (Fsp3) is 0.281. The van der Waals surface area contributed by atoms with Crippen LogP contribution in [-0.4, -0.2) is 61.3 Å². The summed E-state index contributed by atoms with van der Waals surface area (Å²) in [5.41, 5.74) is 6.46. The van der Waals surface area contributed by atoms with Crippen LogP contribution < -0.4 is 15.0 Å². The summed E-state index contributed by atoms with van der Waals surface area (Å²) < 4.78 is 12.7. The zero-order chi connectivity index (χ0) is 28.9. The Morgan fingerprint density at radius 2 is 1.80 bits per heavy atom. The summed E-state index contributed by atoms with van der Waals surface area (Å²) in [6.07, 6.45) is 0. The zero-order valence-corrected chi connectivity index (χ0v) is 24.5. The molecule has 212 valence electrons. The van der Waals surface area contributed by atoms with Gasteiger partial charge in [0.05, 0.1) is 36.1 Å². The first-order chi connectivity index (χ1) is 19.9. The maximum Gasteiger partial charge on any atom is 0.240 e. The Morgan fingerprint density at radius 3 is 2.54 bits per heavy atom. The predicted octanol–water partition coefficient (Wildman–Crippen LogP) is 5.10. The molecule has 3 aromatic carbocycles. The molecule has 0 radical (unpaired) electrons. The minimum absolute atomic E-state index is 0.139. The highest BCUT2D eigenvalue weighted by molar-refractivity contribution is 8.00. The van der Waals surface area contributed by atoms with Crippen molar-refractivity contribution < 1.29 is 19.1 Å². The van der Waals surface area contributed by atoms with E-state index in [2.05, 4.69) is 11.4 Å². The van der Waals surface area contributed by atoms with Gasteiger partial charge in [-0.2, -0.15) is 5.10 Å². The van der Waals surface area contributed by atoms with Gasteiger partial charge in [0, 0.05) is 30.3 Å². The number of methoxy groups -OCH3 is 2. The van der Waals surface area contributed by atoms with Gasteiger partial charge in [0.1, 0.15) is 18.1 Å². The molecule has 2 heterocycles. The monoisotopic (exact) mass is 570 g/mol. The highest BCUT2D eigenvalue weighted by Gasteiger charge is 2.38. The molecule has 0 fully saturated rings. The first-order valence-electron chi connectivity index (χ1n) is 13.5. The molecule has 41 heavy (non-hydrogen) atoms. The fourth-order valence-corrected chi connectivity index (χ4v) is 6.38. The van der Waals surface area contributed by atoms with Crippen LogP contribution in [0.2, 0.25) is 0 Å². The van der Waals surface area contributed by atoms with Gasteiger partial charge in [0.15, 0.2) is 0 Å². The predicted molar refractivity (Wildman–Crippen MR) is 163 cm³/mol. The van der Waals surface area contributed by atoms with Gasteiger partial charge < -0.3 is 14.8 Å². The molecule has 5 rings (SSSR count). The van der Waals surface area contributed by atoms with Crippen LogP contribution in [0.1, 0.15) is 27.5 Å². The van der Waals surface area contributed by atoms with Crippen LogP contribution in [-0.2, 0) is 14.3 Å². The third kappa shape index (κ3) is 5.87. The first kappa shape index (κ1) is 28.4. The van der Waals surface area contributed by atoms with Gasteiger partial charge in [-0.1, -0.05) is 66.2 Å². The topological polar surface area (TPSA) is 85.7 Å². The summed E-state index contributed by atoms with van der Waals surface area (Å²) >= 11 is 1.52. The molecule has 2 amide bonds. The number of carbonyl (C=O) groups excluding carboxylic acids is 2. The standard InChI is InChI=1S/C32H34N4O4S/c1-21-14-15-25(22(2)18-21)36-32-29(30(34-36)23-10-6-5-7-11-23)31(24-12-8-9-13-26(24)40-4)41-20-28(38)35(32)19-27(37)33-16-17-39-3/h5-15,18,31H,16-17,19-20H2,1-4H3,(H,33,37)/t31-/m1/s1. The largest absolute Gasteiger partial charge is 0.496 e. The minimum Gasteiger partial charge on any atom is -0.496 e. The van der Waals surface area contributed by atoms with Crippen LogP contribution in [0.25, 0.3) is 16.9 Å². The van der Waals surface area contributed by atoms with Crippen molar-refractivity contribution in [1.29, 1.82) is 0 Å². The number of benzene rings is 3. The Balaban J connectivity index is 1.79. The van der Waals surface area contributed by atoms with E-state index in [-0.39, 0.29) is 29.4 Å². The van der Waals surface area contributed by atoms with Crippen molar-refractivity contribution in [2.45, 2.75) is 19.1 Å². The van der Waals surface area contributed by atoms with Crippen LogP contribution in [0.3, 0.4) is 0 Å². The van der Waals surface area contributed by atoms with Gasteiger partial charge >= 0.3 is 0 Å². The van der Waals surface area contributed by atoms with Crippen LogP contribution in [0, 0.1) is 13.8 Å². The van der Waals surface area contributed by atoms with Crippen molar-refractivity contribution in [3.8, 4) is 22.7 Å². The number of aryl methyl sites for hydroxylation is 2. The van der Waals surface area contributed by atoms with Crippen LogP contribution in [0.15, 0.2) is 72.8 Å². The molecule has 0 saturated carbocycles. The smallest absolute Gasteiger partial charge is 0.240 e. The fourth-order valence-electron chi connectivity index (χ4n) is 5.16. The molecule has 0 spiro atoms. The summed E-state index contributed by atoms with van der Waals surface area (Å²) in [7, 11) is 3.24. The van der Waals surface area contributed by atoms with E-state index < -0.39 is 0 Å². The Bertz CT molecular complexity index is 1550. The number of nitrogens with zero attached hydrogens (tertiary/aromatic N) is 3. The Kier molecular flexibility index (Phi) is 8.75. The van der Waals surface area contributed by atoms with Gasteiger partial charge in [0.2, 0.25) is 11.8 Å².